The molecule has 6 nitrogen and oxygen atoms in total. The molecule has 1 N–H and O–H groups in total. The van der Waals surface area contributed by atoms with Crippen molar-refractivity contribution in [3.05, 3.63) is 28.2 Å². The van der Waals surface area contributed by atoms with Crippen LogP contribution in [0.25, 0.3) is 0 Å². The molecule has 1 aromatic carbocycles. The maximum Gasteiger partial charge on any atom is 0.275 e. The van der Waals surface area contributed by atoms with E-state index in [9.17, 15) is 4.79 Å². The normalized spacial score (nSPS) is 10.1. The number of amides is 1. The van der Waals surface area contributed by atoms with Gasteiger partial charge in [0.1, 0.15) is 5.69 Å². The van der Waals surface area contributed by atoms with E-state index in [4.69, 9.17) is 14.2 Å². The molecule has 0 saturated heterocycles. The lowest BCUT2D eigenvalue weighted by atomic mass is 10.2. The number of anilines is 1. The molecule has 0 atom stereocenters. The number of hydrogen-bond donors (Lipinski definition) is 1. The summed E-state index contributed by atoms with van der Waals surface area (Å²) in [5.74, 6) is 1.14. The van der Waals surface area contributed by atoms with Crippen molar-refractivity contribution in [1.29, 1.82) is 0 Å². The predicted octanol–water partition coefficient (Wildman–Crippen LogP) is 2.73. The van der Waals surface area contributed by atoms with Gasteiger partial charge in [-0.3, -0.25) is 4.79 Å². The lowest BCUT2D eigenvalue weighted by Gasteiger charge is -2.14. The molecule has 112 valence electrons. The van der Waals surface area contributed by atoms with Crippen LogP contribution in [0.15, 0.2) is 17.5 Å². The Labute approximate surface area is 126 Å². The maximum atomic E-state index is 12.1. The topological polar surface area (TPSA) is 69.7 Å². The molecule has 0 aliphatic carbocycles. The zero-order chi connectivity index (χ0) is 15.4. The Hall–Kier alpha value is -2.28. The van der Waals surface area contributed by atoms with Crippen molar-refractivity contribution >= 4 is 22.9 Å². The van der Waals surface area contributed by atoms with Crippen molar-refractivity contribution in [1.82, 2.24) is 4.98 Å². The van der Waals surface area contributed by atoms with Crippen molar-refractivity contribution in [2.75, 3.05) is 26.6 Å². The molecule has 0 aliphatic rings. The van der Waals surface area contributed by atoms with Crippen molar-refractivity contribution < 1.29 is 19.0 Å². The van der Waals surface area contributed by atoms with Gasteiger partial charge in [0.15, 0.2) is 11.5 Å². The van der Waals surface area contributed by atoms with E-state index < -0.39 is 0 Å². The second-order valence-corrected chi connectivity index (χ2v) is 5.18. The Morgan fingerprint density at radius 3 is 2.19 bits per heavy atom. The SMILES string of the molecule is COc1cc(NC(=O)c2csc(C)n2)cc(OC)c1OC. The molecule has 1 amide bonds. The predicted molar refractivity (Wildman–Crippen MR) is 80.9 cm³/mol. The van der Waals surface area contributed by atoms with E-state index in [1.807, 2.05) is 6.92 Å². The van der Waals surface area contributed by atoms with E-state index in [-0.39, 0.29) is 5.91 Å². The number of nitrogens with one attached hydrogen (secondary N) is 1. The number of thiazole rings is 1. The molecular weight excluding hydrogens is 292 g/mol. The summed E-state index contributed by atoms with van der Waals surface area (Å²) in [6, 6.07) is 3.33. The third-order valence-corrected chi connectivity index (χ3v) is 3.55. The summed E-state index contributed by atoms with van der Waals surface area (Å²) in [6.45, 7) is 1.85. The van der Waals surface area contributed by atoms with Gasteiger partial charge < -0.3 is 19.5 Å². The van der Waals surface area contributed by atoms with Gasteiger partial charge in [-0.25, -0.2) is 4.98 Å². The molecule has 1 heterocycles. The zero-order valence-electron chi connectivity index (χ0n) is 12.2. The van der Waals surface area contributed by atoms with Crippen molar-refractivity contribution in [3.8, 4) is 17.2 Å². The standard InChI is InChI=1S/C14H16N2O4S/c1-8-15-10(7-21-8)14(17)16-9-5-11(18-2)13(20-4)12(6-9)19-3/h5-7H,1-4H3,(H,16,17). The summed E-state index contributed by atoms with van der Waals surface area (Å²) in [6.07, 6.45) is 0. The van der Waals surface area contributed by atoms with Crippen LogP contribution in [0.5, 0.6) is 17.2 Å². The van der Waals surface area contributed by atoms with Crippen LogP contribution in [0.3, 0.4) is 0 Å². The van der Waals surface area contributed by atoms with Crippen molar-refractivity contribution in [2.24, 2.45) is 0 Å². The maximum absolute atomic E-state index is 12.1. The number of rotatable bonds is 5. The Morgan fingerprint density at radius 1 is 1.14 bits per heavy atom. The first kappa shape index (κ1) is 15.1. The van der Waals surface area contributed by atoms with Crippen LogP contribution < -0.4 is 19.5 Å². The van der Waals surface area contributed by atoms with E-state index >= 15 is 0 Å². The Kier molecular flexibility index (Phi) is 4.64. The summed E-state index contributed by atoms with van der Waals surface area (Å²) < 4.78 is 15.7. The highest BCUT2D eigenvalue weighted by Crippen LogP contribution is 2.39. The van der Waals surface area contributed by atoms with Crippen molar-refractivity contribution in [2.45, 2.75) is 6.92 Å². The van der Waals surface area contributed by atoms with Gasteiger partial charge in [0.25, 0.3) is 5.91 Å². The Balaban J connectivity index is 2.29. The largest absolute Gasteiger partial charge is 0.493 e. The number of benzene rings is 1. The summed E-state index contributed by atoms with van der Waals surface area (Å²) in [5, 5.41) is 5.31. The molecule has 0 unspecified atom stereocenters. The van der Waals surface area contributed by atoms with Gasteiger partial charge in [-0.15, -0.1) is 11.3 Å². The van der Waals surface area contributed by atoms with Crippen LogP contribution in [0.4, 0.5) is 5.69 Å². The molecule has 0 spiro atoms. The zero-order valence-corrected chi connectivity index (χ0v) is 13.0. The summed E-state index contributed by atoms with van der Waals surface area (Å²) in [7, 11) is 4.57. The van der Waals surface area contributed by atoms with Gasteiger partial charge in [0.2, 0.25) is 5.75 Å². The van der Waals surface area contributed by atoms with Crippen LogP contribution in [0, 0.1) is 6.92 Å². The first-order chi connectivity index (χ1) is 10.1. The van der Waals surface area contributed by atoms with Gasteiger partial charge in [0, 0.05) is 23.2 Å². The van der Waals surface area contributed by atoms with Gasteiger partial charge in [-0.05, 0) is 6.92 Å². The number of ether oxygens (including phenoxy) is 3. The van der Waals surface area contributed by atoms with Crippen molar-refractivity contribution in [3.63, 3.8) is 0 Å². The second-order valence-electron chi connectivity index (χ2n) is 4.12. The number of hydrogen-bond acceptors (Lipinski definition) is 6. The molecular formula is C14H16N2O4S. The minimum Gasteiger partial charge on any atom is -0.493 e. The summed E-state index contributed by atoms with van der Waals surface area (Å²) >= 11 is 1.42. The molecule has 1 aromatic heterocycles. The second kappa shape index (κ2) is 6.45. The molecule has 0 radical (unpaired) electrons. The quantitative estimate of drug-likeness (QED) is 0.919. The van der Waals surface area contributed by atoms with Crippen LogP contribution >= 0.6 is 11.3 Å². The summed E-state index contributed by atoms with van der Waals surface area (Å²) in [4.78, 5) is 16.2. The third-order valence-electron chi connectivity index (χ3n) is 2.77. The lowest BCUT2D eigenvalue weighted by molar-refractivity contribution is 0.102. The average Bonchev–Trinajstić information content (AvgIpc) is 2.92. The molecule has 2 rings (SSSR count). The number of aromatic nitrogens is 1. The minimum atomic E-state index is -0.284. The van der Waals surface area contributed by atoms with E-state index in [2.05, 4.69) is 10.3 Å². The molecule has 0 aliphatic heterocycles. The fourth-order valence-electron chi connectivity index (χ4n) is 1.82. The number of methoxy groups -OCH3 is 3. The van der Waals surface area contributed by atoms with Gasteiger partial charge in [0.05, 0.1) is 26.3 Å². The fraction of sp³-hybridized carbons (Fsp3) is 0.286. The van der Waals surface area contributed by atoms with Crippen LogP contribution in [0.1, 0.15) is 15.5 Å². The molecule has 0 bridgehead atoms. The fourth-order valence-corrected chi connectivity index (χ4v) is 2.41. The highest BCUT2D eigenvalue weighted by molar-refractivity contribution is 7.09. The van der Waals surface area contributed by atoms with Crippen LogP contribution in [0.2, 0.25) is 0 Å². The van der Waals surface area contributed by atoms with E-state index in [0.29, 0.717) is 28.6 Å². The molecule has 21 heavy (non-hydrogen) atoms. The smallest absolute Gasteiger partial charge is 0.275 e. The first-order valence-electron chi connectivity index (χ1n) is 6.12. The minimum absolute atomic E-state index is 0.284. The number of aryl methyl sites for hydroxylation is 1. The number of carbonyl (C=O) groups is 1. The highest BCUT2D eigenvalue weighted by Gasteiger charge is 2.16. The molecule has 2 aromatic rings. The van der Waals surface area contributed by atoms with Crippen LogP contribution in [-0.4, -0.2) is 32.2 Å². The third kappa shape index (κ3) is 3.25. The molecule has 0 fully saturated rings. The van der Waals surface area contributed by atoms with Gasteiger partial charge in [-0.1, -0.05) is 0 Å². The van der Waals surface area contributed by atoms with Gasteiger partial charge in [-0.2, -0.15) is 0 Å². The Morgan fingerprint density at radius 2 is 1.76 bits per heavy atom. The number of nitrogens with zero attached hydrogens (tertiary/aromatic N) is 1. The number of carbonyl (C=O) groups excluding carboxylic acids is 1. The monoisotopic (exact) mass is 308 g/mol. The first-order valence-corrected chi connectivity index (χ1v) is 7.00. The lowest BCUT2D eigenvalue weighted by Crippen LogP contribution is -2.12. The van der Waals surface area contributed by atoms with Gasteiger partial charge >= 0.3 is 0 Å². The van der Waals surface area contributed by atoms with Crippen LogP contribution in [-0.2, 0) is 0 Å². The highest BCUT2D eigenvalue weighted by atomic mass is 32.1. The van der Waals surface area contributed by atoms with E-state index in [1.165, 1.54) is 32.7 Å². The van der Waals surface area contributed by atoms with E-state index in [1.54, 1.807) is 17.5 Å². The summed E-state index contributed by atoms with van der Waals surface area (Å²) in [5.41, 5.74) is 0.923. The Bertz CT molecular complexity index is 629. The molecule has 7 heteroatoms. The molecule has 0 saturated carbocycles. The average molecular weight is 308 g/mol. The van der Waals surface area contributed by atoms with E-state index in [0.717, 1.165) is 5.01 Å².